The fraction of sp³-hybridized carbons (Fsp3) is 0.500. The van der Waals surface area contributed by atoms with Gasteiger partial charge in [0.05, 0.1) is 4.90 Å². The zero-order valence-corrected chi connectivity index (χ0v) is 17.8. The second kappa shape index (κ2) is 8.95. The third kappa shape index (κ3) is 4.88. The van der Waals surface area contributed by atoms with E-state index in [1.165, 1.54) is 0 Å². The number of anilines is 1. The molecule has 2 fully saturated rings. The molecule has 0 bridgehead atoms. The number of sulfonamides is 1. The molecule has 156 valence electrons. The number of rotatable bonds is 5. The molecule has 1 aromatic heterocycles. The summed E-state index contributed by atoms with van der Waals surface area (Å²) in [5.74, 6) is 0.760. The number of halogens is 1. The Morgan fingerprint density at radius 1 is 0.966 bits per heavy atom. The maximum atomic E-state index is 12.9. The Morgan fingerprint density at radius 3 is 2.31 bits per heavy atom. The van der Waals surface area contributed by atoms with Crippen molar-refractivity contribution in [2.24, 2.45) is 0 Å². The van der Waals surface area contributed by atoms with Crippen LogP contribution in [0.1, 0.15) is 25.7 Å². The third-order valence-electron chi connectivity index (χ3n) is 5.78. The highest BCUT2D eigenvalue weighted by molar-refractivity contribution is 7.89. The Balaban J connectivity index is 1.42. The van der Waals surface area contributed by atoms with Gasteiger partial charge in [-0.15, -0.1) is 0 Å². The van der Waals surface area contributed by atoms with Crippen LogP contribution in [0.3, 0.4) is 0 Å². The molecule has 0 spiro atoms. The smallest absolute Gasteiger partial charge is 0.240 e. The first-order chi connectivity index (χ1) is 14.0. The average molecular weight is 436 g/mol. The standard InChI is InChI=1S/C20H26ClN5O2S/c21-16-6-8-17(9-7-16)29(27,28)24-18-4-1-2-5-19(18)25-12-14-26(15-13-25)20-22-10-3-11-23-20/h3,6-11,18-19,24H,1-2,4-5,12-15H2/t18-,19-/m1/s1. The zero-order chi connectivity index (χ0) is 20.3. The Labute approximate surface area is 177 Å². The molecule has 1 aliphatic heterocycles. The maximum absolute atomic E-state index is 12.9. The van der Waals surface area contributed by atoms with Gasteiger partial charge in [-0.25, -0.2) is 23.1 Å². The van der Waals surface area contributed by atoms with E-state index in [1.807, 2.05) is 6.07 Å². The number of piperazine rings is 1. The summed E-state index contributed by atoms with van der Waals surface area (Å²) in [6, 6.07) is 8.29. The van der Waals surface area contributed by atoms with Gasteiger partial charge in [-0.2, -0.15) is 0 Å². The van der Waals surface area contributed by atoms with Crippen molar-refractivity contribution in [3.8, 4) is 0 Å². The lowest BCUT2D eigenvalue weighted by molar-refractivity contribution is 0.123. The molecule has 7 nitrogen and oxygen atoms in total. The van der Waals surface area contributed by atoms with E-state index in [4.69, 9.17) is 11.6 Å². The first kappa shape index (κ1) is 20.5. The van der Waals surface area contributed by atoms with Gasteiger partial charge in [-0.3, -0.25) is 4.90 Å². The SMILES string of the molecule is O=S(=O)(N[C@@H]1CCCC[C@H]1N1CCN(c2ncccn2)CC1)c1ccc(Cl)cc1. The number of nitrogens with zero attached hydrogens (tertiary/aromatic N) is 4. The predicted octanol–water partition coefficient (Wildman–Crippen LogP) is 2.54. The normalized spacial score (nSPS) is 23.8. The number of nitrogens with one attached hydrogen (secondary N) is 1. The lowest BCUT2D eigenvalue weighted by Crippen LogP contribution is -2.58. The Hall–Kier alpha value is -1.74. The van der Waals surface area contributed by atoms with Crippen LogP contribution in [-0.4, -0.2) is 61.5 Å². The molecule has 0 radical (unpaired) electrons. The van der Waals surface area contributed by atoms with Crippen LogP contribution in [0.2, 0.25) is 5.02 Å². The van der Waals surface area contributed by atoms with E-state index in [0.29, 0.717) is 5.02 Å². The predicted molar refractivity (Wildman–Crippen MR) is 114 cm³/mol. The molecule has 2 heterocycles. The van der Waals surface area contributed by atoms with Gasteiger partial charge in [0.1, 0.15) is 0 Å². The van der Waals surface area contributed by atoms with Crippen LogP contribution < -0.4 is 9.62 Å². The lowest BCUT2D eigenvalue weighted by Gasteiger charge is -2.44. The van der Waals surface area contributed by atoms with E-state index in [1.54, 1.807) is 36.7 Å². The van der Waals surface area contributed by atoms with Gasteiger partial charge < -0.3 is 4.90 Å². The van der Waals surface area contributed by atoms with Crippen LogP contribution in [0.5, 0.6) is 0 Å². The van der Waals surface area contributed by atoms with E-state index >= 15 is 0 Å². The summed E-state index contributed by atoms with van der Waals surface area (Å²) in [5.41, 5.74) is 0. The summed E-state index contributed by atoms with van der Waals surface area (Å²) < 4.78 is 28.7. The topological polar surface area (TPSA) is 78.4 Å². The Kier molecular flexibility index (Phi) is 6.34. The largest absolute Gasteiger partial charge is 0.338 e. The molecule has 1 N–H and O–H groups in total. The van der Waals surface area contributed by atoms with Crippen molar-refractivity contribution in [2.75, 3.05) is 31.1 Å². The summed E-state index contributed by atoms with van der Waals surface area (Å²) in [6.07, 6.45) is 7.57. The van der Waals surface area contributed by atoms with Crippen LogP contribution in [0.25, 0.3) is 0 Å². The molecule has 29 heavy (non-hydrogen) atoms. The maximum Gasteiger partial charge on any atom is 0.240 e. The van der Waals surface area contributed by atoms with Crippen molar-refractivity contribution < 1.29 is 8.42 Å². The second-order valence-electron chi connectivity index (χ2n) is 7.61. The summed E-state index contributed by atoms with van der Waals surface area (Å²) in [5, 5.41) is 0.528. The van der Waals surface area contributed by atoms with Crippen molar-refractivity contribution in [2.45, 2.75) is 42.7 Å². The van der Waals surface area contributed by atoms with E-state index < -0.39 is 10.0 Å². The van der Waals surface area contributed by atoms with Gasteiger partial charge in [0.2, 0.25) is 16.0 Å². The van der Waals surface area contributed by atoms with Gasteiger partial charge in [0.15, 0.2) is 0 Å². The first-order valence-electron chi connectivity index (χ1n) is 10.1. The van der Waals surface area contributed by atoms with E-state index in [-0.39, 0.29) is 17.0 Å². The Bertz CT molecular complexity index is 902. The highest BCUT2D eigenvalue weighted by Crippen LogP contribution is 2.26. The van der Waals surface area contributed by atoms with Gasteiger partial charge >= 0.3 is 0 Å². The van der Waals surface area contributed by atoms with Gasteiger partial charge in [0, 0.05) is 55.7 Å². The number of aromatic nitrogens is 2. The molecule has 2 aliphatic rings. The monoisotopic (exact) mass is 435 g/mol. The van der Waals surface area contributed by atoms with E-state index in [0.717, 1.165) is 57.8 Å². The van der Waals surface area contributed by atoms with Crippen LogP contribution in [0.15, 0.2) is 47.6 Å². The fourth-order valence-electron chi connectivity index (χ4n) is 4.27. The molecular weight excluding hydrogens is 410 g/mol. The highest BCUT2D eigenvalue weighted by atomic mass is 35.5. The summed E-state index contributed by atoms with van der Waals surface area (Å²) >= 11 is 5.90. The van der Waals surface area contributed by atoms with Crippen molar-refractivity contribution in [1.82, 2.24) is 19.6 Å². The number of hydrogen-bond acceptors (Lipinski definition) is 6. The van der Waals surface area contributed by atoms with Gasteiger partial charge in [0.25, 0.3) is 0 Å². The molecule has 1 aliphatic carbocycles. The van der Waals surface area contributed by atoms with Gasteiger partial charge in [-0.1, -0.05) is 24.4 Å². The average Bonchev–Trinajstić information content (AvgIpc) is 2.75. The van der Waals surface area contributed by atoms with Crippen molar-refractivity contribution in [3.05, 3.63) is 47.7 Å². The lowest BCUT2D eigenvalue weighted by atomic mass is 9.89. The van der Waals surface area contributed by atoms with Crippen LogP contribution in [0, 0.1) is 0 Å². The third-order valence-corrected chi connectivity index (χ3v) is 7.54. The van der Waals surface area contributed by atoms with Crippen molar-refractivity contribution in [3.63, 3.8) is 0 Å². The van der Waals surface area contributed by atoms with E-state index in [2.05, 4.69) is 24.5 Å². The molecule has 4 rings (SSSR count). The molecule has 1 saturated heterocycles. The fourth-order valence-corrected chi connectivity index (χ4v) is 5.70. The van der Waals surface area contributed by atoms with Gasteiger partial charge in [-0.05, 0) is 43.2 Å². The zero-order valence-electron chi connectivity index (χ0n) is 16.2. The molecule has 9 heteroatoms. The Morgan fingerprint density at radius 2 is 1.62 bits per heavy atom. The van der Waals surface area contributed by atoms with Crippen molar-refractivity contribution in [1.29, 1.82) is 0 Å². The molecule has 2 aromatic rings. The van der Waals surface area contributed by atoms with Crippen LogP contribution in [0.4, 0.5) is 5.95 Å². The van der Waals surface area contributed by atoms with Crippen LogP contribution >= 0.6 is 11.6 Å². The summed E-state index contributed by atoms with van der Waals surface area (Å²) in [4.78, 5) is 13.5. The minimum atomic E-state index is -3.57. The highest BCUT2D eigenvalue weighted by Gasteiger charge is 2.35. The molecule has 0 amide bonds. The molecule has 2 atom stereocenters. The molecular formula is C20H26ClN5O2S. The van der Waals surface area contributed by atoms with E-state index in [9.17, 15) is 8.42 Å². The summed E-state index contributed by atoms with van der Waals surface area (Å²) in [6.45, 7) is 3.44. The van der Waals surface area contributed by atoms with Crippen LogP contribution in [-0.2, 0) is 10.0 Å². The van der Waals surface area contributed by atoms with Crippen molar-refractivity contribution >= 4 is 27.6 Å². The number of benzene rings is 1. The first-order valence-corrected chi connectivity index (χ1v) is 11.9. The number of hydrogen-bond donors (Lipinski definition) is 1. The molecule has 0 unspecified atom stereocenters. The minimum Gasteiger partial charge on any atom is -0.338 e. The molecule has 1 saturated carbocycles. The molecule has 1 aromatic carbocycles. The quantitative estimate of drug-likeness (QED) is 0.777. The minimum absolute atomic E-state index is 0.0797. The summed E-state index contributed by atoms with van der Waals surface area (Å²) in [7, 11) is -3.57. The second-order valence-corrected chi connectivity index (χ2v) is 9.76.